The standard InChI is InChI=1S/C8H7ClO3.H3P/c9-7(8(10)11)12-6-4-2-1-3-5-6;/h1-5,7H,(H,10,11);1H3. The molecular weight excluding hydrogens is 211 g/mol. The number of halogens is 1. The smallest absolute Gasteiger partial charge is 0.360 e. The molecule has 2 unspecified atom stereocenters. The first-order valence-electron chi connectivity index (χ1n) is 3.29. The molecule has 0 aliphatic rings. The molecule has 0 saturated heterocycles. The zero-order valence-electron chi connectivity index (χ0n) is 6.81. The van der Waals surface area contributed by atoms with Crippen LogP contribution >= 0.6 is 21.5 Å². The van der Waals surface area contributed by atoms with E-state index in [1.165, 1.54) is 0 Å². The number of carboxylic acid groups (broad SMARTS) is 1. The lowest BCUT2D eigenvalue weighted by atomic mass is 10.3. The molecule has 2 atom stereocenters. The molecule has 0 aliphatic carbocycles. The summed E-state index contributed by atoms with van der Waals surface area (Å²) in [6, 6.07) is 8.55. The third kappa shape index (κ3) is 4.11. The van der Waals surface area contributed by atoms with Crippen LogP contribution < -0.4 is 4.74 Å². The lowest BCUT2D eigenvalue weighted by Gasteiger charge is -2.06. The number of alkyl halides is 1. The lowest BCUT2D eigenvalue weighted by Crippen LogP contribution is -2.19. The van der Waals surface area contributed by atoms with Gasteiger partial charge >= 0.3 is 5.97 Å². The second-order valence-electron chi connectivity index (χ2n) is 2.09. The summed E-state index contributed by atoms with van der Waals surface area (Å²) >= 11 is 5.33. The Morgan fingerprint density at radius 3 is 2.38 bits per heavy atom. The van der Waals surface area contributed by atoms with Gasteiger partial charge < -0.3 is 9.84 Å². The van der Waals surface area contributed by atoms with Crippen molar-refractivity contribution in [3.63, 3.8) is 0 Å². The van der Waals surface area contributed by atoms with Gasteiger partial charge in [0.2, 0.25) is 0 Å². The summed E-state index contributed by atoms with van der Waals surface area (Å²) in [5, 5.41) is 8.39. The molecule has 0 bridgehead atoms. The first-order valence-corrected chi connectivity index (χ1v) is 3.72. The maximum absolute atomic E-state index is 10.2. The quantitative estimate of drug-likeness (QED) is 0.624. The van der Waals surface area contributed by atoms with Gasteiger partial charge in [0.1, 0.15) is 5.75 Å². The maximum atomic E-state index is 10.2. The average molecular weight is 221 g/mol. The van der Waals surface area contributed by atoms with Gasteiger partial charge in [-0.1, -0.05) is 29.8 Å². The van der Waals surface area contributed by atoms with Gasteiger partial charge in [-0.2, -0.15) is 9.90 Å². The molecule has 5 heteroatoms. The summed E-state index contributed by atoms with van der Waals surface area (Å²) in [5.74, 6) is -0.750. The van der Waals surface area contributed by atoms with E-state index in [9.17, 15) is 4.79 Å². The minimum atomic E-state index is -1.33. The summed E-state index contributed by atoms with van der Waals surface area (Å²) in [6.07, 6.45) is 0. The summed E-state index contributed by atoms with van der Waals surface area (Å²) in [7, 11) is 0. The fourth-order valence-electron chi connectivity index (χ4n) is 0.669. The Morgan fingerprint density at radius 2 is 1.92 bits per heavy atom. The fraction of sp³-hybridized carbons (Fsp3) is 0.125. The molecular formula is C8H10ClO3P. The van der Waals surface area contributed by atoms with Crippen molar-refractivity contribution >= 4 is 27.5 Å². The average Bonchev–Trinajstić information content (AvgIpc) is 2.06. The third-order valence-electron chi connectivity index (χ3n) is 1.18. The number of ether oxygens (including phenoxy) is 1. The van der Waals surface area contributed by atoms with Gasteiger partial charge in [-0.3, -0.25) is 0 Å². The number of para-hydroxylation sites is 1. The van der Waals surface area contributed by atoms with Crippen LogP contribution in [0.15, 0.2) is 30.3 Å². The normalized spacial score (nSPS) is 11.2. The number of aliphatic carboxylic acids is 1. The molecule has 0 amide bonds. The van der Waals surface area contributed by atoms with Gasteiger partial charge in [0.25, 0.3) is 5.56 Å². The molecule has 72 valence electrons. The lowest BCUT2D eigenvalue weighted by molar-refractivity contribution is -0.141. The summed E-state index contributed by atoms with van der Waals surface area (Å²) in [5.41, 5.74) is -1.33. The molecule has 13 heavy (non-hydrogen) atoms. The van der Waals surface area contributed by atoms with Crippen LogP contribution in [0.2, 0.25) is 0 Å². The van der Waals surface area contributed by atoms with E-state index >= 15 is 0 Å². The molecule has 3 nitrogen and oxygen atoms in total. The molecule has 1 aromatic rings. The SMILES string of the molecule is O=C(O)C(Cl)Oc1ccccc1.P. The number of hydrogen-bond acceptors (Lipinski definition) is 2. The van der Waals surface area contributed by atoms with E-state index in [0.29, 0.717) is 5.75 Å². The molecule has 0 heterocycles. The van der Waals surface area contributed by atoms with Crippen LogP contribution in [-0.2, 0) is 4.79 Å². The van der Waals surface area contributed by atoms with Crippen molar-refractivity contribution in [3.8, 4) is 5.75 Å². The molecule has 0 fully saturated rings. The van der Waals surface area contributed by atoms with Crippen molar-refractivity contribution in [3.05, 3.63) is 30.3 Å². The molecule has 0 aromatic heterocycles. The largest absolute Gasteiger partial charge is 0.478 e. The van der Waals surface area contributed by atoms with Gasteiger partial charge in [0.05, 0.1) is 0 Å². The molecule has 1 N–H and O–H groups in total. The van der Waals surface area contributed by atoms with E-state index in [-0.39, 0.29) is 9.90 Å². The van der Waals surface area contributed by atoms with E-state index < -0.39 is 11.5 Å². The van der Waals surface area contributed by atoms with Crippen molar-refractivity contribution in [1.29, 1.82) is 0 Å². The van der Waals surface area contributed by atoms with Gasteiger partial charge in [-0.05, 0) is 12.1 Å². The van der Waals surface area contributed by atoms with Crippen LogP contribution in [0.1, 0.15) is 0 Å². The van der Waals surface area contributed by atoms with E-state index in [0.717, 1.165) is 0 Å². The number of carboxylic acids is 1. The highest BCUT2D eigenvalue weighted by Crippen LogP contribution is 2.12. The Morgan fingerprint density at radius 1 is 1.38 bits per heavy atom. The highest BCUT2D eigenvalue weighted by molar-refractivity contribution is 6.92. The van der Waals surface area contributed by atoms with Crippen molar-refractivity contribution in [2.45, 2.75) is 5.56 Å². The monoisotopic (exact) mass is 220 g/mol. The van der Waals surface area contributed by atoms with Crippen molar-refractivity contribution in [1.82, 2.24) is 0 Å². The molecule has 0 spiro atoms. The van der Waals surface area contributed by atoms with Crippen LogP contribution in [0.5, 0.6) is 5.75 Å². The second kappa shape index (κ2) is 5.79. The number of benzene rings is 1. The van der Waals surface area contributed by atoms with Crippen LogP contribution in [-0.4, -0.2) is 16.6 Å². The van der Waals surface area contributed by atoms with Crippen LogP contribution in [0.3, 0.4) is 0 Å². The Bertz CT molecular complexity index is 265. The summed E-state index contributed by atoms with van der Waals surface area (Å²) in [6.45, 7) is 0. The minimum Gasteiger partial charge on any atom is -0.478 e. The minimum absolute atomic E-state index is 0. The van der Waals surface area contributed by atoms with Gasteiger partial charge in [-0.25, -0.2) is 4.79 Å². The van der Waals surface area contributed by atoms with Crippen LogP contribution in [0.25, 0.3) is 0 Å². The second-order valence-corrected chi connectivity index (χ2v) is 2.48. The summed E-state index contributed by atoms with van der Waals surface area (Å²) in [4.78, 5) is 10.2. The van der Waals surface area contributed by atoms with Gasteiger partial charge in [0.15, 0.2) is 0 Å². The van der Waals surface area contributed by atoms with Gasteiger partial charge in [-0.15, -0.1) is 0 Å². The first kappa shape index (κ1) is 12.2. The third-order valence-corrected chi connectivity index (χ3v) is 1.45. The Balaban J connectivity index is 0.00000144. The zero-order valence-corrected chi connectivity index (χ0v) is 8.98. The molecule has 0 radical (unpaired) electrons. The van der Waals surface area contributed by atoms with Crippen molar-refractivity contribution in [2.24, 2.45) is 0 Å². The van der Waals surface area contributed by atoms with E-state index in [1.54, 1.807) is 30.3 Å². The molecule has 0 aliphatic heterocycles. The molecule has 1 aromatic carbocycles. The van der Waals surface area contributed by atoms with E-state index in [4.69, 9.17) is 21.4 Å². The summed E-state index contributed by atoms with van der Waals surface area (Å²) < 4.78 is 4.84. The van der Waals surface area contributed by atoms with Crippen molar-refractivity contribution in [2.75, 3.05) is 0 Å². The maximum Gasteiger partial charge on any atom is 0.360 e. The fourth-order valence-corrected chi connectivity index (χ4v) is 0.772. The predicted molar refractivity (Wildman–Crippen MR) is 55.5 cm³/mol. The Kier molecular flexibility index (Phi) is 5.44. The van der Waals surface area contributed by atoms with Gasteiger partial charge in [0, 0.05) is 0 Å². The number of carbonyl (C=O) groups is 1. The van der Waals surface area contributed by atoms with E-state index in [2.05, 4.69) is 0 Å². The van der Waals surface area contributed by atoms with E-state index in [1.807, 2.05) is 0 Å². The zero-order chi connectivity index (χ0) is 8.97. The van der Waals surface area contributed by atoms with Crippen molar-refractivity contribution < 1.29 is 14.6 Å². The predicted octanol–water partition coefficient (Wildman–Crippen LogP) is 1.77. The van der Waals surface area contributed by atoms with Crippen LogP contribution in [0, 0.1) is 0 Å². The Hall–Kier alpha value is -0.790. The number of rotatable bonds is 3. The Labute approximate surface area is 84.3 Å². The van der Waals surface area contributed by atoms with Crippen LogP contribution in [0.4, 0.5) is 0 Å². The highest BCUT2D eigenvalue weighted by Gasteiger charge is 2.14. The molecule has 1 rings (SSSR count). The first-order chi connectivity index (χ1) is 5.70. The number of hydrogen-bond donors (Lipinski definition) is 1. The highest BCUT2D eigenvalue weighted by atomic mass is 35.5. The molecule has 0 saturated carbocycles. The topological polar surface area (TPSA) is 46.5 Å².